The zero-order valence-electron chi connectivity index (χ0n) is 16.1. The van der Waals surface area contributed by atoms with E-state index in [1.54, 1.807) is 0 Å². The topological polar surface area (TPSA) is 101 Å². The van der Waals surface area contributed by atoms with Crippen molar-refractivity contribution in [3.05, 3.63) is 0 Å². The summed E-state index contributed by atoms with van der Waals surface area (Å²) in [5, 5.41) is 52.5. The summed E-state index contributed by atoms with van der Waals surface area (Å²) in [4.78, 5) is 0. The Morgan fingerprint density at radius 1 is 1.04 bits per heavy atom. The second-order valence-electron chi connectivity index (χ2n) is 10.4. The molecular weight excluding hydrogens is 332 g/mol. The van der Waals surface area contributed by atoms with Crippen molar-refractivity contribution in [3.63, 3.8) is 0 Å². The molecule has 4 rings (SSSR count). The van der Waals surface area contributed by atoms with Gasteiger partial charge in [-0.2, -0.15) is 0 Å². The van der Waals surface area contributed by atoms with Crippen molar-refractivity contribution in [2.75, 3.05) is 6.61 Å². The molecular formula is C21H36O5. The van der Waals surface area contributed by atoms with Gasteiger partial charge in [-0.05, 0) is 80.5 Å². The minimum atomic E-state index is -1.32. The molecule has 26 heavy (non-hydrogen) atoms. The van der Waals surface area contributed by atoms with E-state index in [1.165, 1.54) is 0 Å². The van der Waals surface area contributed by atoms with Crippen LogP contribution in [0.25, 0.3) is 0 Å². The van der Waals surface area contributed by atoms with Crippen LogP contribution in [0.4, 0.5) is 0 Å². The molecule has 4 fully saturated rings. The molecule has 0 aliphatic heterocycles. The maximum atomic E-state index is 11.3. The number of aliphatic hydroxyl groups excluding tert-OH is 4. The predicted molar refractivity (Wildman–Crippen MR) is 97.2 cm³/mol. The minimum absolute atomic E-state index is 0.0548. The molecule has 0 radical (unpaired) electrons. The molecule has 0 aromatic heterocycles. The third kappa shape index (κ3) is 2.33. The predicted octanol–water partition coefficient (Wildman–Crippen LogP) is 1.45. The molecule has 0 aromatic rings. The van der Waals surface area contributed by atoms with Crippen molar-refractivity contribution in [2.24, 2.45) is 34.5 Å². The van der Waals surface area contributed by atoms with E-state index >= 15 is 0 Å². The first kappa shape index (κ1) is 19.1. The lowest BCUT2D eigenvalue weighted by Gasteiger charge is -2.63. The first-order valence-corrected chi connectivity index (χ1v) is 10.5. The highest BCUT2D eigenvalue weighted by molar-refractivity contribution is 5.17. The fraction of sp³-hybridized carbons (Fsp3) is 1.00. The summed E-state index contributed by atoms with van der Waals surface area (Å²) in [6.45, 7) is 3.89. The molecule has 0 aromatic carbocycles. The van der Waals surface area contributed by atoms with Gasteiger partial charge in [0.2, 0.25) is 0 Å². The SMILES string of the molecule is C[C@]12CC[C@@H](O)C[C@@H]1CC[C@@H]1[C@@H]2[C@@H](O)C[C@@]2(C)[C@H]1CC[C@]2(O)[C@H](O)CO. The summed E-state index contributed by atoms with van der Waals surface area (Å²) in [6, 6.07) is 0. The fourth-order valence-electron chi connectivity index (χ4n) is 8.10. The first-order chi connectivity index (χ1) is 12.2. The number of hydrogen-bond donors (Lipinski definition) is 5. The van der Waals surface area contributed by atoms with Crippen molar-refractivity contribution in [1.82, 2.24) is 0 Å². The van der Waals surface area contributed by atoms with Crippen molar-refractivity contribution in [3.8, 4) is 0 Å². The van der Waals surface area contributed by atoms with Crippen LogP contribution in [0.5, 0.6) is 0 Å². The van der Waals surface area contributed by atoms with E-state index in [2.05, 4.69) is 6.92 Å². The molecule has 0 saturated heterocycles. The largest absolute Gasteiger partial charge is 0.394 e. The molecule has 5 N–H and O–H groups in total. The Bertz CT molecular complexity index is 555. The lowest BCUT2D eigenvalue weighted by Crippen LogP contribution is -2.64. The maximum absolute atomic E-state index is 11.3. The Morgan fingerprint density at radius 2 is 1.77 bits per heavy atom. The standard InChI is InChI=1S/C21H36O5/c1-19-7-5-13(23)9-12(19)3-4-14-15-6-8-21(26,17(25)11-22)20(15,2)10-16(24)18(14)19/h12-18,22-26H,3-11H2,1-2H3/t12-,13+,14-,15-,16-,17+,18+,19-,20-,21-/m0/s1. The summed E-state index contributed by atoms with van der Waals surface area (Å²) in [6.07, 6.45) is 4.70. The smallest absolute Gasteiger partial charge is 0.106 e. The van der Waals surface area contributed by atoms with Crippen LogP contribution >= 0.6 is 0 Å². The molecule has 5 nitrogen and oxygen atoms in total. The van der Waals surface area contributed by atoms with Crippen LogP contribution in [0.3, 0.4) is 0 Å². The van der Waals surface area contributed by atoms with Gasteiger partial charge in [-0.15, -0.1) is 0 Å². The molecule has 4 saturated carbocycles. The molecule has 5 heteroatoms. The molecule has 150 valence electrons. The van der Waals surface area contributed by atoms with Crippen molar-refractivity contribution >= 4 is 0 Å². The van der Waals surface area contributed by atoms with Gasteiger partial charge in [-0.1, -0.05) is 13.8 Å². The lowest BCUT2D eigenvalue weighted by molar-refractivity contribution is -0.224. The van der Waals surface area contributed by atoms with E-state index in [1.807, 2.05) is 6.92 Å². The maximum Gasteiger partial charge on any atom is 0.106 e. The highest BCUT2D eigenvalue weighted by Gasteiger charge is 2.68. The van der Waals surface area contributed by atoms with E-state index in [0.29, 0.717) is 24.7 Å². The van der Waals surface area contributed by atoms with Crippen LogP contribution in [0.1, 0.15) is 65.2 Å². The number of hydrogen-bond acceptors (Lipinski definition) is 5. The van der Waals surface area contributed by atoms with E-state index < -0.39 is 29.8 Å². The quantitative estimate of drug-likeness (QED) is 0.508. The van der Waals surface area contributed by atoms with Gasteiger partial charge in [0.05, 0.1) is 24.4 Å². The summed E-state index contributed by atoms with van der Waals surface area (Å²) < 4.78 is 0. The molecule has 0 unspecified atom stereocenters. The van der Waals surface area contributed by atoms with Gasteiger partial charge < -0.3 is 25.5 Å². The van der Waals surface area contributed by atoms with Gasteiger partial charge >= 0.3 is 0 Å². The van der Waals surface area contributed by atoms with Crippen LogP contribution in [0.15, 0.2) is 0 Å². The van der Waals surface area contributed by atoms with Crippen LogP contribution in [0, 0.1) is 34.5 Å². The van der Waals surface area contributed by atoms with Crippen LogP contribution < -0.4 is 0 Å². The summed E-state index contributed by atoms with van der Waals surface area (Å²) in [7, 11) is 0. The average Bonchev–Trinajstić information content (AvgIpc) is 2.86. The van der Waals surface area contributed by atoms with Gasteiger partial charge in [0, 0.05) is 5.41 Å². The van der Waals surface area contributed by atoms with Gasteiger partial charge in [0.15, 0.2) is 0 Å². The van der Waals surface area contributed by atoms with Gasteiger partial charge in [0.1, 0.15) is 6.10 Å². The van der Waals surface area contributed by atoms with E-state index in [9.17, 15) is 25.5 Å². The van der Waals surface area contributed by atoms with Crippen LogP contribution in [0.2, 0.25) is 0 Å². The Kier molecular flexibility index (Phi) is 4.52. The summed E-state index contributed by atoms with van der Waals surface area (Å²) >= 11 is 0. The molecule has 0 spiro atoms. The second-order valence-corrected chi connectivity index (χ2v) is 10.4. The van der Waals surface area contributed by atoms with E-state index in [0.717, 1.165) is 38.5 Å². The van der Waals surface area contributed by atoms with Crippen LogP contribution in [-0.2, 0) is 0 Å². The number of fused-ring (bicyclic) bond motifs is 5. The van der Waals surface area contributed by atoms with Gasteiger partial charge in [0.25, 0.3) is 0 Å². The molecule has 0 amide bonds. The lowest BCUT2D eigenvalue weighted by atomic mass is 9.43. The molecule has 10 atom stereocenters. The highest BCUT2D eigenvalue weighted by atomic mass is 16.4. The van der Waals surface area contributed by atoms with Gasteiger partial charge in [-0.25, -0.2) is 0 Å². The van der Waals surface area contributed by atoms with Crippen molar-refractivity contribution < 1.29 is 25.5 Å². The highest BCUT2D eigenvalue weighted by Crippen LogP contribution is 2.68. The van der Waals surface area contributed by atoms with Crippen molar-refractivity contribution in [1.29, 1.82) is 0 Å². The summed E-state index contributed by atoms with van der Waals surface area (Å²) in [5.74, 6) is 1.29. The summed E-state index contributed by atoms with van der Waals surface area (Å²) in [5.41, 5.74) is -1.83. The minimum Gasteiger partial charge on any atom is -0.394 e. The normalized spacial score (nSPS) is 57.8. The molecule has 4 aliphatic carbocycles. The van der Waals surface area contributed by atoms with E-state index in [-0.39, 0.29) is 23.4 Å². The fourth-order valence-corrected chi connectivity index (χ4v) is 8.10. The second kappa shape index (κ2) is 6.15. The average molecular weight is 369 g/mol. The monoisotopic (exact) mass is 368 g/mol. The van der Waals surface area contributed by atoms with Gasteiger partial charge in [-0.3, -0.25) is 0 Å². The number of rotatable bonds is 2. The third-order valence-electron chi connectivity index (χ3n) is 9.51. The Hall–Kier alpha value is -0.200. The van der Waals surface area contributed by atoms with Crippen molar-refractivity contribution in [2.45, 2.75) is 89.1 Å². The zero-order chi connectivity index (χ0) is 18.9. The van der Waals surface area contributed by atoms with E-state index in [4.69, 9.17) is 0 Å². The first-order valence-electron chi connectivity index (χ1n) is 10.5. The molecule has 0 bridgehead atoms. The molecule has 0 heterocycles. The van der Waals surface area contributed by atoms with Crippen LogP contribution in [-0.4, -0.2) is 56.1 Å². The Labute approximate surface area is 156 Å². The third-order valence-corrected chi connectivity index (χ3v) is 9.51. The zero-order valence-corrected chi connectivity index (χ0v) is 16.1. The Morgan fingerprint density at radius 3 is 2.46 bits per heavy atom. The number of aliphatic hydroxyl groups is 5. The molecule has 4 aliphatic rings. The Balaban J connectivity index is 1.68.